The second-order valence-electron chi connectivity index (χ2n) is 8.26. The van der Waals surface area contributed by atoms with E-state index in [1.165, 1.54) is 12.5 Å². The topological polar surface area (TPSA) is 65.1 Å². The van der Waals surface area contributed by atoms with Crippen LogP contribution in [0, 0.1) is 5.92 Å². The van der Waals surface area contributed by atoms with Gasteiger partial charge in [0, 0.05) is 18.4 Å². The summed E-state index contributed by atoms with van der Waals surface area (Å²) in [7, 11) is 0. The largest absolute Gasteiger partial charge is 0.454 e. The van der Waals surface area contributed by atoms with E-state index >= 15 is 0 Å². The normalized spacial score (nSPS) is 41.0. The lowest BCUT2D eigenvalue weighted by Gasteiger charge is -2.27. The molecule has 2 fully saturated rings. The lowest BCUT2D eigenvalue weighted by atomic mass is 9.84. The van der Waals surface area contributed by atoms with Crippen LogP contribution in [0.1, 0.15) is 59.8 Å². The summed E-state index contributed by atoms with van der Waals surface area (Å²) in [4.78, 5) is 23.9. The third-order valence-corrected chi connectivity index (χ3v) is 6.03. The minimum atomic E-state index is -0.590. The second-order valence-corrected chi connectivity index (χ2v) is 8.26. The maximum atomic E-state index is 12.2. The van der Waals surface area contributed by atoms with Crippen molar-refractivity contribution in [3.8, 4) is 0 Å². The standard InChI is InChI=1S/C22H30O5/c1-13-8-6-10-14(2)19(25-16(4)23)20-17(15(3)21(24)26-20)12-18-22(5,27-18)11-7-9-13/h9-10,17-20H,3,6-8,11-12H2,1-2,4-5H3/b13-9+,14-10+/t17-,18-,19-,20+,22-/m0/s1. The molecule has 0 radical (unpaired) electrons. The zero-order chi connectivity index (χ0) is 19.8. The van der Waals surface area contributed by atoms with Crippen molar-refractivity contribution in [3.63, 3.8) is 0 Å². The van der Waals surface area contributed by atoms with Crippen LogP contribution in [0.15, 0.2) is 35.5 Å². The maximum absolute atomic E-state index is 12.2. The van der Waals surface area contributed by atoms with Crippen LogP contribution < -0.4 is 0 Å². The van der Waals surface area contributed by atoms with Crippen LogP contribution in [0.25, 0.3) is 0 Å². The first kappa shape index (κ1) is 19.9. The summed E-state index contributed by atoms with van der Waals surface area (Å²) in [6, 6.07) is 0. The minimum Gasteiger partial charge on any atom is -0.454 e. The Bertz CT molecular complexity index is 703. The molecule has 0 aromatic carbocycles. The summed E-state index contributed by atoms with van der Waals surface area (Å²) in [5, 5.41) is 0. The SMILES string of the molecule is C=C1C(=O)O[C@@H]2[C@H]1C[C@@H]1O[C@@]1(C)CC/C=C(\C)CC/C=C(\C)[C@@H]2OC(C)=O. The van der Waals surface area contributed by atoms with Crippen LogP contribution in [0.3, 0.4) is 0 Å². The predicted octanol–water partition coefficient (Wildman–Crippen LogP) is 4.03. The molecule has 0 N–H and O–H groups in total. The molecule has 0 aromatic rings. The van der Waals surface area contributed by atoms with Crippen LogP contribution >= 0.6 is 0 Å². The van der Waals surface area contributed by atoms with Gasteiger partial charge in [0.2, 0.25) is 0 Å². The fourth-order valence-corrected chi connectivity index (χ4v) is 4.17. The number of allylic oxidation sites excluding steroid dienone is 3. The second kappa shape index (κ2) is 7.63. The van der Waals surface area contributed by atoms with Crippen molar-refractivity contribution in [2.75, 3.05) is 0 Å². The van der Waals surface area contributed by atoms with Gasteiger partial charge in [0.15, 0.2) is 6.10 Å². The molecule has 1 aliphatic carbocycles. The van der Waals surface area contributed by atoms with Gasteiger partial charge in [-0.1, -0.05) is 24.3 Å². The third-order valence-electron chi connectivity index (χ3n) is 6.03. The molecule has 5 heteroatoms. The molecule has 148 valence electrons. The van der Waals surface area contributed by atoms with Gasteiger partial charge in [-0.25, -0.2) is 4.79 Å². The number of ether oxygens (including phenoxy) is 3. The van der Waals surface area contributed by atoms with Crippen LogP contribution in [0.2, 0.25) is 0 Å². The fourth-order valence-electron chi connectivity index (χ4n) is 4.17. The van der Waals surface area contributed by atoms with E-state index in [9.17, 15) is 9.59 Å². The molecule has 0 aromatic heterocycles. The number of rotatable bonds is 1. The average Bonchev–Trinajstić information content (AvgIpc) is 3.14. The van der Waals surface area contributed by atoms with Crippen molar-refractivity contribution >= 4 is 11.9 Å². The lowest BCUT2D eigenvalue weighted by molar-refractivity contribution is -0.157. The highest BCUT2D eigenvalue weighted by Crippen LogP contribution is 2.47. The highest BCUT2D eigenvalue weighted by atomic mass is 16.6. The summed E-state index contributed by atoms with van der Waals surface area (Å²) in [5.74, 6) is -0.999. The van der Waals surface area contributed by atoms with Crippen LogP contribution in [-0.2, 0) is 23.8 Å². The molecule has 2 heterocycles. The zero-order valence-corrected chi connectivity index (χ0v) is 16.7. The van der Waals surface area contributed by atoms with Crippen LogP contribution in [0.4, 0.5) is 0 Å². The monoisotopic (exact) mass is 374 g/mol. The highest BCUT2D eigenvalue weighted by Gasteiger charge is 2.55. The smallest absolute Gasteiger partial charge is 0.334 e. The van der Waals surface area contributed by atoms with E-state index in [0.717, 1.165) is 31.3 Å². The number of fused-ring (bicyclic) bond motifs is 2. The number of hydrogen-bond acceptors (Lipinski definition) is 5. The van der Waals surface area contributed by atoms with Crippen molar-refractivity contribution in [1.29, 1.82) is 0 Å². The van der Waals surface area contributed by atoms with Crippen molar-refractivity contribution in [3.05, 3.63) is 35.5 Å². The Morgan fingerprint density at radius 1 is 1.30 bits per heavy atom. The number of esters is 2. The minimum absolute atomic E-state index is 0.0650. The third kappa shape index (κ3) is 4.34. The molecule has 0 spiro atoms. The Morgan fingerprint density at radius 3 is 2.74 bits per heavy atom. The number of epoxide rings is 1. The van der Waals surface area contributed by atoms with E-state index in [-0.39, 0.29) is 23.6 Å². The molecule has 3 rings (SSSR count). The first-order valence-corrected chi connectivity index (χ1v) is 9.78. The van der Waals surface area contributed by atoms with Gasteiger partial charge in [0.1, 0.15) is 6.10 Å². The van der Waals surface area contributed by atoms with Gasteiger partial charge in [0.05, 0.1) is 11.7 Å². The molecule has 0 saturated carbocycles. The highest BCUT2D eigenvalue weighted by molar-refractivity contribution is 5.91. The molecule has 3 aliphatic rings. The number of carbonyl (C=O) groups excluding carboxylic acids is 2. The molecular formula is C22H30O5. The average molecular weight is 374 g/mol. The zero-order valence-electron chi connectivity index (χ0n) is 16.7. The quantitative estimate of drug-likeness (QED) is 0.300. The summed E-state index contributed by atoms with van der Waals surface area (Å²) in [6.07, 6.45) is 7.70. The molecule has 5 atom stereocenters. The van der Waals surface area contributed by atoms with E-state index in [1.807, 2.05) is 6.92 Å². The van der Waals surface area contributed by atoms with Gasteiger partial charge in [0.25, 0.3) is 0 Å². The van der Waals surface area contributed by atoms with Gasteiger partial charge in [-0.2, -0.15) is 0 Å². The molecule has 2 saturated heterocycles. The van der Waals surface area contributed by atoms with Crippen molar-refractivity contribution in [2.45, 2.75) is 83.7 Å². The fraction of sp³-hybridized carbons (Fsp3) is 0.636. The van der Waals surface area contributed by atoms with Gasteiger partial charge in [-0.3, -0.25) is 4.79 Å². The molecule has 0 bridgehead atoms. The van der Waals surface area contributed by atoms with Crippen LogP contribution in [-0.4, -0.2) is 35.9 Å². The summed E-state index contributed by atoms with van der Waals surface area (Å²) >= 11 is 0. The lowest BCUT2D eigenvalue weighted by Crippen LogP contribution is -2.37. The summed E-state index contributed by atoms with van der Waals surface area (Å²) < 4.78 is 17.2. The van der Waals surface area contributed by atoms with Crippen molar-refractivity contribution in [1.82, 2.24) is 0 Å². The van der Waals surface area contributed by atoms with E-state index in [2.05, 4.69) is 32.6 Å². The molecule has 0 unspecified atom stereocenters. The van der Waals surface area contributed by atoms with Crippen molar-refractivity contribution in [2.24, 2.45) is 5.92 Å². The van der Waals surface area contributed by atoms with Gasteiger partial charge in [-0.05, 0) is 58.4 Å². The Labute approximate surface area is 161 Å². The summed E-state index contributed by atoms with van der Waals surface area (Å²) in [6.45, 7) is 11.5. The van der Waals surface area contributed by atoms with E-state index in [0.29, 0.717) is 12.0 Å². The van der Waals surface area contributed by atoms with E-state index in [4.69, 9.17) is 14.2 Å². The molecule has 0 amide bonds. The van der Waals surface area contributed by atoms with Gasteiger partial charge < -0.3 is 14.2 Å². The first-order chi connectivity index (χ1) is 12.7. The molecule has 2 aliphatic heterocycles. The number of carbonyl (C=O) groups is 2. The predicted molar refractivity (Wildman–Crippen MR) is 102 cm³/mol. The van der Waals surface area contributed by atoms with Gasteiger partial charge >= 0.3 is 11.9 Å². The maximum Gasteiger partial charge on any atom is 0.334 e. The van der Waals surface area contributed by atoms with Crippen LogP contribution in [0.5, 0.6) is 0 Å². The van der Waals surface area contributed by atoms with E-state index < -0.39 is 18.2 Å². The summed E-state index contributed by atoms with van der Waals surface area (Å²) in [5.41, 5.74) is 2.54. The molecule has 27 heavy (non-hydrogen) atoms. The van der Waals surface area contributed by atoms with E-state index in [1.54, 1.807) is 0 Å². The molecular weight excluding hydrogens is 344 g/mol. The number of hydrogen-bond donors (Lipinski definition) is 0. The molecule has 5 nitrogen and oxygen atoms in total. The first-order valence-electron chi connectivity index (χ1n) is 9.78. The Balaban J connectivity index is 1.92. The Hall–Kier alpha value is -1.88. The Morgan fingerprint density at radius 2 is 2.04 bits per heavy atom. The van der Waals surface area contributed by atoms with Gasteiger partial charge in [-0.15, -0.1) is 0 Å². The van der Waals surface area contributed by atoms with Crippen molar-refractivity contribution < 1.29 is 23.8 Å². The Kier molecular flexibility index (Phi) is 5.61.